The van der Waals surface area contributed by atoms with Gasteiger partial charge in [0.15, 0.2) is 6.10 Å². The molecule has 0 spiro atoms. The van der Waals surface area contributed by atoms with Crippen LogP contribution in [0.25, 0.3) is 0 Å². The fourth-order valence-corrected chi connectivity index (χ4v) is 2.41. The first-order valence-electron chi connectivity index (χ1n) is 8.12. The molecule has 2 atom stereocenters. The third kappa shape index (κ3) is 5.78. The van der Waals surface area contributed by atoms with E-state index in [1.54, 1.807) is 6.92 Å². The molecule has 2 aromatic carbocycles. The fourth-order valence-electron chi connectivity index (χ4n) is 2.41. The lowest BCUT2D eigenvalue weighted by atomic mass is 10.1. The van der Waals surface area contributed by atoms with Gasteiger partial charge in [0.1, 0.15) is 5.75 Å². The number of amides is 1. The zero-order valence-electron chi connectivity index (χ0n) is 14.1. The Bertz CT molecular complexity index is 625. The van der Waals surface area contributed by atoms with Crippen molar-refractivity contribution in [2.45, 2.75) is 45.8 Å². The average Bonchev–Trinajstić information content (AvgIpc) is 2.54. The van der Waals surface area contributed by atoms with Gasteiger partial charge in [0.25, 0.3) is 5.91 Å². The lowest BCUT2D eigenvalue weighted by Gasteiger charge is -2.19. The third-order valence-electron chi connectivity index (χ3n) is 3.77. The second-order valence-electron chi connectivity index (χ2n) is 6.01. The molecule has 122 valence electrons. The number of hydrogen-bond acceptors (Lipinski definition) is 2. The maximum absolute atomic E-state index is 12.2. The van der Waals surface area contributed by atoms with Crippen molar-refractivity contribution < 1.29 is 9.53 Å². The molecular formula is C20H25NO2. The molecule has 0 heterocycles. The average molecular weight is 311 g/mol. The molecule has 0 saturated carbocycles. The monoisotopic (exact) mass is 311 g/mol. The normalized spacial score (nSPS) is 13.2. The third-order valence-corrected chi connectivity index (χ3v) is 3.77. The minimum absolute atomic E-state index is 0.0768. The fraction of sp³-hybridized carbons (Fsp3) is 0.350. The summed E-state index contributed by atoms with van der Waals surface area (Å²) in [5, 5.41) is 3.02. The number of benzene rings is 2. The molecule has 0 fully saturated rings. The van der Waals surface area contributed by atoms with Crippen molar-refractivity contribution in [3.8, 4) is 5.75 Å². The van der Waals surface area contributed by atoms with Gasteiger partial charge in [-0.1, -0.05) is 42.5 Å². The molecule has 3 nitrogen and oxygen atoms in total. The van der Waals surface area contributed by atoms with Gasteiger partial charge in [-0.05, 0) is 56.9 Å². The van der Waals surface area contributed by atoms with Crippen LogP contribution in [0.1, 0.15) is 31.4 Å². The lowest BCUT2D eigenvalue weighted by molar-refractivity contribution is -0.127. The highest BCUT2D eigenvalue weighted by molar-refractivity contribution is 5.80. The number of aryl methyl sites for hydroxylation is 2. The van der Waals surface area contributed by atoms with Crippen molar-refractivity contribution in [2.75, 3.05) is 0 Å². The smallest absolute Gasteiger partial charge is 0.260 e. The summed E-state index contributed by atoms with van der Waals surface area (Å²) in [4.78, 5) is 12.2. The summed E-state index contributed by atoms with van der Waals surface area (Å²) in [6, 6.07) is 18.2. The van der Waals surface area contributed by atoms with Gasteiger partial charge in [0.05, 0.1) is 0 Å². The first kappa shape index (κ1) is 17.1. The van der Waals surface area contributed by atoms with Gasteiger partial charge < -0.3 is 10.1 Å². The second kappa shape index (κ2) is 8.37. The van der Waals surface area contributed by atoms with Gasteiger partial charge >= 0.3 is 0 Å². The largest absolute Gasteiger partial charge is 0.481 e. The molecule has 3 heteroatoms. The van der Waals surface area contributed by atoms with Crippen LogP contribution >= 0.6 is 0 Å². The van der Waals surface area contributed by atoms with Crippen molar-refractivity contribution in [3.63, 3.8) is 0 Å². The Hall–Kier alpha value is -2.29. The van der Waals surface area contributed by atoms with Crippen molar-refractivity contribution in [1.29, 1.82) is 0 Å². The van der Waals surface area contributed by atoms with E-state index in [0.29, 0.717) is 0 Å². The Morgan fingerprint density at radius 3 is 2.52 bits per heavy atom. The Kier molecular flexibility index (Phi) is 6.21. The van der Waals surface area contributed by atoms with E-state index in [9.17, 15) is 4.79 Å². The molecular weight excluding hydrogens is 286 g/mol. The standard InChI is InChI=1S/C20H25NO2/c1-15-8-7-11-19(14-15)23-17(3)20(22)21-16(2)12-13-18-9-5-4-6-10-18/h4-11,14,16-17H,12-13H2,1-3H3,(H,21,22)/t16-,17+/m1/s1. The first-order chi connectivity index (χ1) is 11.0. The molecule has 23 heavy (non-hydrogen) atoms. The Morgan fingerprint density at radius 1 is 1.09 bits per heavy atom. The summed E-state index contributed by atoms with van der Waals surface area (Å²) >= 11 is 0. The van der Waals surface area contributed by atoms with E-state index in [4.69, 9.17) is 4.74 Å². The van der Waals surface area contributed by atoms with Crippen LogP contribution in [0.5, 0.6) is 5.75 Å². The molecule has 2 rings (SSSR count). The number of rotatable bonds is 7. The van der Waals surface area contributed by atoms with Crippen LogP contribution in [0.15, 0.2) is 54.6 Å². The predicted octanol–water partition coefficient (Wildman–Crippen LogP) is 3.90. The number of carbonyl (C=O) groups is 1. The molecule has 2 aromatic rings. The summed E-state index contributed by atoms with van der Waals surface area (Å²) in [7, 11) is 0. The zero-order valence-corrected chi connectivity index (χ0v) is 14.1. The molecule has 0 aromatic heterocycles. The van der Waals surface area contributed by atoms with E-state index >= 15 is 0 Å². The highest BCUT2D eigenvalue weighted by Crippen LogP contribution is 2.14. The minimum atomic E-state index is -0.504. The Balaban J connectivity index is 1.78. The van der Waals surface area contributed by atoms with Crippen LogP contribution in [0.2, 0.25) is 0 Å². The quantitative estimate of drug-likeness (QED) is 0.842. The van der Waals surface area contributed by atoms with E-state index in [1.807, 2.05) is 56.3 Å². The van der Waals surface area contributed by atoms with Gasteiger partial charge in [0, 0.05) is 6.04 Å². The Labute approximate surface area is 138 Å². The van der Waals surface area contributed by atoms with Gasteiger partial charge in [-0.2, -0.15) is 0 Å². The summed E-state index contributed by atoms with van der Waals surface area (Å²) in [6.07, 6.45) is 1.36. The van der Waals surface area contributed by atoms with Crippen LogP contribution in [0.3, 0.4) is 0 Å². The zero-order chi connectivity index (χ0) is 16.7. The molecule has 0 radical (unpaired) electrons. The van der Waals surface area contributed by atoms with Gasteiger partial charge in [-0.3, -0.25) is 4.79 Å². The minimum Gasteiger partial charge on any atom is -0.481 e. The molecule has 0 aliphatic carbocycles. The molecule has 1 N–H and O–H groups in total. The molecule has 0 aliphatic heterocycles. The SMILES string of the molecule is Cc1cccc(O[C@@H](C)C(=O)N[C@H](C)CCc2ccccc2)c1. The maximum Gasteiger partial charge on any atom is 0.260 e. The highest BCUT2D eigenvalue weighted by Gasteiger charge is 2.16. The van der Waals surface area contributed by atoms with Crippen molar-refractivity contribution in [2.24, 2.45) is 0 Å². The van der Waals surface area contributed by atoms with Crippen LogP contribution in [-0.2, 0) is 11.2 Å². The van der Waals surface area contributed by atoms with Crippen LogP contribution in [-0.4, -0.2) is 18.1 Å². The summed E-state index contributed by atoms with van der Waals surface area (Å²) < 4.78 is 5.71. The second-order valence-corrected chi connectivity index (χ2v) is 6.01. The molecule has 0 aliphatic rings. The van der Waals surface area contributed by atoms with E-state index in [1.165, 1.54) is 5.56 Å². The van der Waals surface area contributed by atoms with Gasteiger partial charge in [-0.25, -0.2) is 0 Å². The summed E-state index contributed by atoms with van der Waals surface area (Å²) in [5.74, 6) is 0.650. The first-order valence-corrected chi connectivity index (χ1v) is 8.12. The van der Waals surface area contributed by atoms with E-state index in [0.717, 1.165) is 24.2 Å². The number of hydrogen-bond donors (Lipinski definition) is 1. The molecule has 0 bridgehead atoms. The van der Waals surface area contributed by atoms with E-state index in [2.05, 4.69) is 17.4 Å². The van der Waals surface area contributed by atoms with Crippen molar-refractivity contribution in [3.05, 3.63) is 65.7 Å². The molecule has 0 saturated heterocycles. The summed E-state index contributed by atoms with van der Waals surface area (Å²) in [5.41, 5.74) is 2.41. The Morgan fingerprint density at radius 2 is 1.83 bits per heavy atom. The van der Waals surface area contributed by atoms with Crippen molar-refractivity contribution >= 4 is 5.91 Å². The predicted molar refractivity (Wildman–Crippen MR) is 93.6 cm³/mol. The number of carbonyl (C=O) groups excluding carboxylic acids is 1. The van der Waals surface area contributed by atoms with E-state index < -0.39 is 6.10 Å². The van der Waals surface area contributed by atoms with Crippen LogP contribution in [0.4, 0.5) is 0 Å². The molecule has 1 amide bonds. The highest BCUT2D eigenvalue weighted by atomic mass is 16.5. The van der Waals surface area contributed by atoms with Crippen LogP contribution in [0, 0.1) is 6.92 Å². The van der Waals surface area contributed by atoms with Gasteiger partial charge in [0.2, 0.25) is 0 Å². The number of ether oxygens (including phenoxy) is 1. The topological polar surface area (TPSA) is 38.3 Å². The summed E-state index contributed by atoms with van der Waals surface area (Å²) in [6.45, 7) is 5.81. The van der Waals surface area contributed by atoms with Crippen LogP contribution < -0.4 is 10.1 Å². The number of nitrogens with one attached hydrogen (secondary N) is 1. The van der Waals surface area contributed by atoms with Gasteiger partial charge in [-0.15, -0.1) is 0 Å². The lowest BCUT2D eigenvalue weighted by Crippen LogP contribution is -2.41. The maximum atomic E-state index is 12.2. The van der Waals surface area contributed by atoms with E-state index in [-0.39, 0.29) is 11.9 Å². The molecule has 0 unspecified atom stereocenters. The van der Waals surface area contributed by atoms with Crippen molar-refractivity contribution in [1.82, 2.24) is 5.32 Å².